The molecule has 23 heavy (non-hydrogen) atoms. The lowest BCUT2D eigenvalue weighted by molar-refractivity contribution is 0.306. The zero-order chi connectivity index (χ0) is 16.5. The van der Waals surface area contributed by atoms with Crippen LogP contribution in [0.1, 0.15) is 18.1 Å². The number of ether oxygens (including phenoxy) is 1. The Balaban J connectivity index is 1.98. The van der Waals surface area contributed by atoms with Crippen LogP contribution < -0.4 is 15.5 Å². The minimum atomic E-state index is 0.464. The van der Waals surface area contributed by atoms with E-state index < -0.39 is 0 Å². The van der Waals surface area contributed by atoms with Crippen LogP contribution >= 0.6 is 23.8 Å². The maximum atomic E-state index is 5.88. The van der Waals surface area contributed by atoms with Gasteiger partial charge in [0.25, 0.3) is 0 Å². The number of para-hydroxylation sites is 1. The molecule has 0 aliphatic carbocycles. The standard InChI is InChI=1S/C17H18ClN3OS/c1-2-19-17(23)21-20-11-14-5-3-4-6-16(14)22-12-13-7-9-15(18)10-8-13/h3-11H,2,12H2,1H3,(H2,19,21,23). The summed E-state index contributed by atoms with van der Waals surface area (Å²) < 4.78 is 5.86. The maximum absolute atomic E-state index is 5.88. The van der Waals surface area contributed by atoms with Gasteiger partial charge in [-0.2, -0.15) is 5.10 Å². The minimum absolute atomic E-state index is 0.464. The molecule has 0 bridgehead atoms. The van der Waals surface area contributed by atoms with Crippen LogP contribution in [0.25, 0.3) is 0 Å². The van der Waals surface area contributed by atoms with Gasteiger partial charge in [0, 0.05) is 17.1 Å². The summed E-state index contributed by atoms with van der Waals surface area (Å²) in [5.41, 5.74) is 4.68. The third kappa shape index (κ3) is 5.88. The number of thiocarbonyl (C=S) groups is 1. The van der Waals surface area contributed by atoms with Crippen molar-refractivity contribution in [1.82, 2.24) is 10.7 Å². The molecule has 0 aliphatic rings. The van der Waals surface area contributed by atoms with Crippen molar-refractivity contribution in [2.24, 2.45) is 5.10 Å². The fourth-order valence-corrected chi connectivity index (χ4v) is 2.14. The summed E-state index contributed by atoms with van der Waals surface area (Å²) in [7, 11) is 0. The number of hydrazone groups is 1. The van der Waals surface area contributed by atoms with Crippen molar-refractivity contribution in [3.8, 4) is 5.75 Å². The second-order valence-electron chi connectivity index (χ2n) is 4.68. The molecule has 0 saturated carbocycles. The highest BCUT2D eigenvalue weighted by Crippen LogP contribution is 2.18. The molecule has 0 radical (unpaired) electrons. The Bertz CT molecular complexity index is 674. The number of nitrogens with one attached hydrogen (secondary N) is 2. The molecule has 0 atom stereocenters. The highest BCUT2D eigenvalue weighted by atomic mass is 35.5. The molecule has 0 aliphatic heterocycles. The van der Waals surface area contributed by atoms with Crippen molar-refractivity contribution in [2.45, 2.75) is 13.5 Å². The van der Waals surface area contributed by atoms with E-state index in [9.17, 15) is 0 Å². The Kier molecular flexibility index (Phi) is 6.84. The molecular weight excluding hydrogens is 330 g/mol. The molecule has 0 fully saturated rings. The number of nitrogens with zero attached hydrogens (tertiary/aromatic N) is 1. The molecule has 2 N–H and O–H groups in total. The lowest BCUT2D eigenvalue weighted by Gasteiger charge is -2.09. The van der Waals surface area contributed by atoms with Gasteiger partial charge in [-0.3, -0.25) is 5.43 Å². The van der Waals surface area contributed by atoms with E-state index in [1.165, 1.54) is 0 Å². The molecule has 0 heterocycles. The third-order valence-corrected chi connectivity index (χ3v) is 3.42. The van der Waals surface area contributed by atoms with Gasteiger partial charge in [-0.15, -0.1) is 0 Å². The van der Waals surface area contributed by atoms with Crippen LogP contribution in [-0.2, 0) is 6.61 Å². The zero-order valence-corrected chi connectivity index (χ0v) is 14.3. The molecule has 6 heteroatoms. The van der Waals surface area contributed by atoms with Crippen LogP contribution in [0.15, 0.2) is 53.6 Å². The third-order valence-electron chi connectivity index (χ3n) is 2.93. The number of benzene rings is 2. The van der Waals surface area contributed by atoms with Crippen molar-refractivity contribution in [2.75, 3.05) is 6.54 Å². The van der Waals surface area contributed by atoms with Gasteiger partial charge >= 0.3 is 0 Å². The molecule has 0 aromatic heterocycles. The number of hydrogen-bond acceptors (Lipinski definition) is 3. The Morgan fingerprint density at radius 3 is 2.70 bits per heavy atom. The molecule has 4 nitrogen and oxygen atoms in total. The largest absolute Gasteiger partial charge is 0.488 e. The van der Waals surface area contributed by atoms with E-state index in [4.69, 9.17) is 28.6 Å². The fourth-order valence-electron chi connectivity index (χ4n) is 1.82. The van der Waals surface area contributed by atoms with Crippen LogP contribution in [-0.4, -0.2) is 17.9 Å². The van der Waals surface area contributed by atoms with Crippen LogP contribution in [0.5, 0.6) is 5.75 Å². The van der Waals surface area contributed by atoms with Crippen molar-refractivity contribution >= 4 is 35.1 Å². The van der Waals surface area contributed by atoms with Gasteiger partial charge in [-0.05, 0) is 49.0 Å². The van der Waals surface area contributed by atoms with Crippen molar-refractivity contribution in [1.29, 1.82) is 0 Å². The van der Waals surface area contributed by atoms with Gasteiger partial charge in [0.1, 0.15) is 12.4 Å². The van der Waals surface area contributed by atoms with E-state index >= 15 is 0 Å². The highest BCUT2D eigenvalue weighted by molar-refractivity contribution is 7.80. The van der Waals surface area contributed by atoms with E-state index in [0.717, 1.165) is 23.4 Å². The molecule has 0 saturated heterocycles. The first-order valence-corrected chi connectivity index (χ1v) is 8.01. The SMILES string of the molecule is CCNC(=S)NN=Cc1ccccc1OCc1ccc(Cl)cc1. The summed E-state index contributed by atoms with van der Waals surface area (Å²) in [4.78, 5) is 0. The summed E-state index contributed by atoms with van der Waals surface area (Å²) >= 11 is 10.9. The van der Waals surface area contributed by atoms with Crippen LogP contribution in [0.2, 0.25) is 5.02 Å². The molecule has 0 spiro atoms. The van der Waals surface area contributed by atoms with E-state index in [-0.39, 0.29) is 0 Å². The molecular formula is C17H18ClN3OS. The van der Waals surface area contributed by atoms with Crippen molar-refractivity contribution in [3.63, 3.8) is 0 Å². The normalized spacial score (nSPS) is 10.5. The molecule has 120 valence electrons. The maximum Gasteiger partial charge on any atom is 0.186 e. The van der Waals surface area contributed by atoms with Gasteiger partial charge in [-0.25, -0.2) is 0 Å². The van der Waals surface area contributed by atoms with Gasteiger partial charge < -0.3 is 10.1 Å². The Morgan fingerprint density at radius 2 is 1.96 bits per heavy atom. The highest BCUT2D eigenvalue weighted by Gasteiger charge is 2.01. The van der Waals surface area contributed by atoms with E-state index in [2.05, 4.69) is 15.8 Å². The Morgan fingerprint density at radius 1 is 1.22 bits per heavy atom. The Hall–Kier alpha value is -2.11. The topological polar surface area (TPSA) is 45.7 Å². The minimum Gasteiger partial charge on any atom is -0.488 e. The average Bonchev–Trinajstić information content (AvgIpc) is 2.56. The van der Waals surface area contributed by atoms with Crippen LogP contribution in [0, 0.1) is 0 Å². The van der Waals surface area contributed by atoms with Gasteiger partial charge in [0.15, 0.2) is 5.11 Å². The lowest BCUT2D eigenvalue weighted by atomic mass is 10.2. The molecule has 2 aromatic carbocycles. The second kappa shape index (κ2) is 9.12. The first kappa shape index (κ1) is 17.2. The zero-order valence-electron chi connectivity index (χ0n) is 12.8. The van der Waals surface area contributed by atoms with E-state index in [1.54, 1.807) is 6.21 Å². The molecule has 0 amide bonds. The summed E-state index contributed by atoms with van der Waals surface area (Å²) in [6, 6.07) is 15.3. The predicted octanol–water partition coefficient (Wildman–Crippen LogP) is 3.74. The van der Waals surface area contributed by atoms with Crippen LogP contribution in [0.3, 0.4) is 0 Å². The second-order valence-corrected chi connectivity index (χ2v) is 5.53. The monoisotopic (exact) mass is 347 g/mol. The summed E-state index contributed by atoms with van der Waals surface area (Å²) in [6.45, 7) is 3.19. The molecule has 2 rings (SSSR count). The Labute approximate surface area is 146 Å². The predicted molar refractivity (Wildman–Crippen MR) is 99.2 cm³/mol. The summed E-state index contributed by atoms with van der Waals surface area (Å²) in [5, 5.41) is 8.27. The smallest absolute Gasteiger partial charge is 0.186 e. The first-order chi connectivity index (χ1) is 11.2. The van der Waals surface area contributed by atoms with Crippen LogP contribution in [0.4, 0.5) is 0 Å². The van der Waals surface area contributed by atoms with Gasteiger partial charge in [0.05, 0.1) is 6.21 Å². The average molecular weight is 348 g/mol. The van der Waals surface area contributed by atoms with E-state index in [1.807, 2.05) is 55.5 Å². The summed E-state index contributed by atoms with van der Waals surface area (Å²) in [5.74, 6) is 0.752. The lowest BCUT2D eigenvalue weighted by Crippen LogP contribution is -2.31. The molecule has 0 unspecified atom stereocenters. The van der Waals surface area contributed by atoms with E-state index in [0.29, 0.717) is 16.7 Å². The van der Waals surface area contributed by atoms with Crippen molar-refractivity contribution in [3.05, 3.63) is 64.7 Å². The van der Waals surface area contributed by atoms with Gasteiger partial charge in [-0.1, -0.05) is 35.9 Å². The van der Waals surface area contributed by atoms with Crippen molar-refractivity contribution < 1.29 is 4.74 Å². The molecule has 2 aromatic rings. The fraction of sp³-hybridized carbons (Fsp3) is 0.176. The van der Waals surface area contributed by atoms with Gasteiger partial charge in [0.2, 0.25) is 0 Å². The first-order valence-electron chi connectivity index (χ1n) is 7.22. The summed E-state index contributed by atoms with van der Waals surface area (Å²) in [6.07, 6.45) is 1.68. The quantitative estimate of drug-likeness (QED) is 0.475. The number of halogens is 1. The number of rotatable bonds is 6. The number of hydrogen-bond donors (Lipinski definition) is 2.